The van der Waals surface area contributed by atoms with E-state index in [1.54, 1.807) is 6.92 Å². The number of hydrogen-bond donors (Lipinski definition) is 1. The van der Waals surface area contributed by atoms with Gasteiger partial charge in [0.2, 0.25) is 5.88 Å². The van der Waals surface area contributed by atoms with Crippen molar-refractivity contribution in [3.05, 3.63) is 28.2 Å². The maximum Gasteiger partial charge on any atom is 0.225 e. The highest BCUT2D eigenvalue weighted by atomic mass is 79.9. The molecule has 3 nitrogen and oxygen atoms in total. The van der Waals surface area contributed by atoms with Gasteiger partial charge in [-0.25, -0.2) is 14.4 Å². The minimum absolute atomic E-state index is 0.0631. The Labute approximate surface area is 87.7 Å². The van der Waals surface area contributed by atoms with E-state index in [1.165, 1.54) is 12.4 Å². The molecule has 0 fully saturated rings. The lowest BCUT2D eigenvalue weighted by Crippen LogP contribution is -1.91. The number of nitrogens with zero attached hydrogens (tertiary/aromatic N) is 2. The second kappa shape index (κ2) is 3.16. The molecule has 0 atom stereocenters. The van der Waals surface area contributed by atoms with Crippen LogP contribution in [0, 0.1) is 12.7 Å². The second-order valence-electron chi connectivity index (χ2n) is 2.89. The highest BCUT2D eigenvalue weighted by Gasteiger charge is 2.12. The van der Waals surface area contributed by atoms with E-state index < -0.39 is 5.82 Å². The Morgan fingerprint density at radius 3 is 2.86 bits per heavy atom. The monoisotopic (exact) mass is 256 g/mol. The number of hydrogen-bond acceptors (Lipinski definition) is 3. The molecule has 14 heavy (non-hydrogen) atoms. The first-order chi connectivity index (χ1) is 6.61. The van der Waals surface area contributed by atoms with Gasteiger partial charge in [0.15, 0.2) is 0 Å². The van der Waals surface area contributed by atoms with Crippen LogP contribution in [-0.4, -0.2) is 15.1 Å². The molecule has 0 amide bonds. The van der Waals surface area contributed by atoms with Crippen molar-refractivity contribution in [1.82, 2.24) is 9.97 Å². The van der Waals surface area contributed by atoms with E-state index in [0.29, 0.717) is 9.99 Å². The number of aromatic nitrogens is 2. The Morgan fingerprint density at radius 1 is 1.43 bits per heavy atom. The van der Waals surface area contributed by atoms with Gasteiger partial charge in [0.05, 0.1) is 10.9 Å². The van der Waals surface area contributed by atoms with Crippen LogP contribution in [0.3, 0.4) is 0 Å². The second-order valence-corrected chi connectivity index (χ2v) is 3.74. The number of benzene rings is 1. The van der Waals surface area contributed by atoms with Gasteiger partial charge in [-0.2, -0.15) is 0 Å². The fraction of sp³-hybridized carbons (Fsp3) is 0.111. The highest BCUT2D eigenvalue weighted by molar-refractivity contribution is 9.10. The molecule has 0 radical (unpaired) electrons. The molecule has 0 saturated carbocycles. The van der Waals surface area contributed by atoms with E-state index in [1.807, 2.05) is 0 Å². The van der Waals surface area contributed by atoms with Gasteiger partial charge in [0, 0.05) is 4.47 Å². The van der Waals surface area contributed by atoms with Crippen molar-refractivity contribution in [3.8, 4) is 5.88 Å². The van der Waals surface area contributed by atoms with Crippen molar-refractivity contribution in [1.29, 1.82) is 0 Å². The first-order valence-electron chi connectivity index (χ1n) is 3.89. The van der Waals surface area contributed by atoms with E-state index in [2.05, 4.69) is 25.9 Å². The lowest BCUT2D eigenvalue weighted by Gasteiger charge is -2.05. The molecule has 0 unspecified atom stereocenters. The van der Waals surface area contributed by atoms with Crippen molar-refractivity contribution in [2.75, 3.05) is 0 Å². The summed E-state index contributed by atoms with van der Waals surface area (Å²) >= 11 is 3.21. The molecule has 1 heterocycles. The molecule has 2 aromatic rings. The van der Waals surface area contributed by atoms with Crippen LogP contribution in [0.25, 0.3) is 10.9 Å². The molecule has 0 aliphatic heterocycles. The van der Waals surface area contributed by atoms with Gasteiger partial charge < -0.3 is 5.11 Å². The molecule has 5 heteroatoms. The van der Waals surface area contributed by atoms with Gasteiger partial charge in [-0.3, -0.25) is 0 Å². The van der Waals surface area contributed by atoms with Crippen LogP contribution in [0.5, 0.6) is 5.88 Å². The average molecular weight is 257 g/mol. The van der Waals surface area contributed by atoms with Crippen LogP contribution in [0.1, 0.15) is 5.56 Å². The Bertz CT molecular complexity index is 516. The minimum Gasteiger partial charge on any atom is -0.493 e. The van der Waals surface area contributed by atoms with E-state index in [9.17, 15) is 9.50 Å². The zero-order valence-electron chi connectivity index (χ0n) is 7.25. The standard InChI is InChI=1S/C9H6BrFN2O/c1-4-5(10)2-6(11)7-8(4)12-3-13-9(7)14/h2-3H,1H3,(H,12,13,14). The van der Waals surface area contributed by atoms with Crippen LogP contribution in [-0.2, 0) is 0 Å². The number of aromatic hydroxyl groups is 1. The van der Waals surface area contributed by atoms with Gasteiger partial charge >= 0.3 is 0 Å². The van der Waals surface area contributed by atoms with Gasteiger partial charge in [-0.15, -0.1) is 0 Å². The summed E-state index contributed by atoms with van der Waals surface area (Å²) in [6, 6.07) is 1.29. The molecule has 0 aliphatic rings. The largest absolute Gasteiger partial charge is 0.493 e. The summed E-state index contributed by atoms with van der Waals surface area (Å²) in [5.74, 6) is -0.862. The Hall–Kier alpha value is -1.23. The third-order valence-corrected chi connectivity index (χ3v) is 2.86. The Balaban J connectivity index is 3.02. The normalized spacial score (nSPS) is 10.8. The minimum atomic E-state index is -0.532. The van der Waals surface area contributed by atoms with Crippen LogP contribution >= 0.6 is 15.9 Å². The maximum atomic E-state index is 13.4. The van der Waals surface area contributed by atoms with E-state index in [4.69, 9.17) is 0 Å². The number of fused-ring (bicyclic) bond motifs is 1. The third kappa shape index (κ3) is 1.24. The van der Waals surface area contributed by atoms with Crippen molar-refractivity contribution in [2.24, 2.45) is 0 Å². The van der Waals surface area contributed by atoms with Crippen LogP contribution in [0.15, 0.2) is 16.9 Å². The Morgan fingerprint density at radius 2 is 2.14 bits per heavy atom. The fourth-order valence-corrected chi connectivity index (χ4v) is 1.67. The topological polar surface area (TPSA) is 46.0 Å². The molecule has 1 aromatic carbocycles. The summed E-state index contributed by atoms with van der Waals surface area (Å²) in [5.41, 5.74) is 1.20. The zero-order chi connectivity index (χ0) is 10.3. The summed E-state index contributed by atoms with van der Waals surface area (Å²) in [6.45, 7) is 1.79. The molecule has 0 bridgehead atoms. The van der Waals surface area contributed by atoms with Gasteiger partial charge in [-0.05, 0) is 18.6 Å². The summed E-state index contributed by atoms with van der Waals surface area (Å²) in [6.07, 6.45) is 1.20. The van der Waals surface area contributed by atoms with E-state index >= 15 is 0 Å². The third-order valence-electron chi connectivity index (χ3n) is 2.03. The summed E-state index contributed by atoms with van der Waals surface area (Å²) in [5, 5.41) is 9.42. The van der Waals surface area contributed by atoms with Gasteiger partial charge in [0.1, 0.15) is 12.1 Å². The smallest absolute Gasteiger partial charge is 0.225 e. The van der Waals surface area contributed by atoms with Crippen LogP contribution < -0.4 is 0 Å². The average Bonchev–Trinajstić information content (AvgIpc) is 2.14. The highest BCUT2D eigenvalue weighted by Crippen LogP contribution is 2.30. The SMILES string of the molecule is Cc1c(Br)cc(F)c2c(O)ncnc12. The predicted molar refractivity (Wildman–Crippen MR) is 53.6 cm³/mol. The molecule has 0 aliphatic carbocycles. The summed E-state index contributed by atoms with van der Waals surface area (Å²) in [4.78, 5) is 7.45. The van der Waals surface area contributed by atoms with Crippen molar-refractivity contribution in [2.45, 2.75) is 6.92 Å². The zero-order valence-corrected chi connectivity index (χ0v) is 8.84. The molecule has 0 spiro atoms. The first kappa shape index (κ1) is 9.33. The van der Waals surface area contributed by atoms with Crippen molar-refractivity contribution in [3.63, 3.8) is 0 Å². The summed E-state index contributed by atoms with van der Waals surface area (Å²) in [7, 11) is 0. The fourth-order valence-electron chi connectivity index (χ4n) is 1.29. The molecular weight excluding hydrogens is 251 g/mol. The van der Waals surface area contributed by atoms with Crippen molar-refractivity contribution < 1.29 is 9.50 Å². The summed E-state index contributed by atoms with van der Waals surface area (Å²) < 4.78 is 14.0. The number of rotatable bonds is 0. The Kier molecular flexibility index (Phi) is 2.11. The first-order valence-corrected chi connectivity index (χ1v) is 4.69. The molecule has 0 saturated heterocycles. The van der Waals surface area contributed by atoms with Crippen LogP contribution in [0.4, 0.5) is 4.39 Å². The molecule has 2 rings (SSSR count). The molecule has 72 valence electrons. The van der Waals surface area contributed by atoms with Gasteiger partial charge in [0.25, 0.3) is 0 Å². The maximum absolute atomic E-state index is 13.4. The molecule has 1 N–H and O–H groups in total. The predicted octanol–water partition coefficient (Wildman–Crippen LogP) is 2.55. The van der Waals surface area contributed by atoms with E-state index in [0.717, 1.165) is 5.56 Å². The van der Waals surface area contributed by atoms with E-state index in [-0.39, 0.29) is 11.3 Å². The van der Waals surface area contributed by atoms with Crippen LogP contribution in [0.2, 0.25) is 0 Å². The lowest BCUT2D eigenvalue weighted by atomic mass is 10.1. The number of aryl methyl sites for hydroxylation is 1. The van der Waals surface area contributed by atoms with Gasteiger partial charge in [-0.1, -0.05) is 15.9 Å². The lowest BCUT2D eigenvalue weighted by molar-refractivity contribution is 0.456. The number of halogens is 2. The van der Waals surface area contributed by atoms with Crippen molar-refractivity contribution >= 4 is 26.8 Å². The molecular formula is C9H6BrFN2O. The molecule has 1 aromatic heterocycles. The quantitative estimate of drug-likeness (QED) is 0.788.